The number of nitrogens with one attached hydrogen (secondary N) is 2. The summed E-state index contributed by atoms with van der Waals surface area (Å²) in [5.41, 5.74) is 5.82. The fraction of sp³-hybridized carbons (Fsp3) is 0.222. The standard InChI is InChI=1S/C18H17ClN2O4S/c19-13-7-5-12(6-8-13)10-26-11-17(22)20-21-18(23)16-9-24-14-3-1-2-4-15(14)25-16/h1-8,16H,9-11H2,(H,20,22)(H,21,23)/t16-/m1/s1. The molecule has 3 rings (SSSR count). The third kappa shape index (κ3) is 5.06. The summed E-state index contributed by atoms with van der Waals surface area (Å²) in [6.45, 7) is 0.0873. The van der Waals surface area contributed by atoms with Gasteiger partial charge < -0.3 is 9.47 Å². The van der Waals surface area contributed by atoms with Gasteiger partial charge in [0.05, 0.1) is 5.75 Å². The van der Waals surface area contributed by atoms with Crippen LogP contribution in [-0.2, 0) is 15.3 Å². The number of ether oxygens (including phenoxy) is 2. The molecule has 1 aliphatic rings. The SMILES string of the molecule is O=C(CSCc1ccc(Cl)cc1)NNC(=O)[C@H]1COc2ccccc2O1. The highest BCUT2D eigenvalue weighted by Gasteiger charge is 2.27. The van der Waals surface area contributed by atoms with Crippen molar-refractivity contribution < 1.29 is 19.1 Å². The Morgan fingerprint density at radius 3 is 2.58 bits per heavy atom. The Kier molecular flexibility index (Phi) is 6.25. The van der Waals surface area contributed by atoms with Crippen molar-refractivity contribution in [3.05, 3.63) is 59.1 Å². The molecule has 0 saturated heterocycles. The first-order chi connectivity index (χ1) is 12.6. The number of para-hydroxylation sites is 2. The van der Waals surface area contributed by atoms with E-state index in [-0.39, 0.29) is 18.3 Å². The predicted octanol–water partition coefficient (Wildman–Crippen LogP) is 2.56. The number of fused-ring (bicyclic) bond motifs is 1. The van der Waals surface area contributed by atoms with E-state index in [4.69, 9.17) is 21.1 Å². The van der Waals surface area contributed by atoms with Gasteiger partial charge in [-0.05, 0) is 29.8 Å². The maximum atomic E-state index is 12.1. The second-order valence-electron chi connectivity index (χ2n) is 5.52. The van der Waals surface area contributed by atoms with Gasteiger partial charge in [0.25, 0.3) is 5.91 Å². The molecule has 26 heavy (non-hydrogen) atoms. The fourth-order valence-corrected chi connectivity index (χ4v) is 3.15. The normalized spacial score (nSPS) is 15.2. The summed E-state index contributed by atoms with van der Waals surface area (Å²) in [4.78, 5) is 23.9. The molecule has 1 aliphatic heterocycles. The molecule has 6 nitrogen and oxygen atoms in total. The van der Waals surface area contributed by atoms with E-state index < -0.39 is 12.0 Å². The molecule has 0 aromatic heterocycles. The zero-order chi connectivity index (χ0) is 18.4. The zero-order valence-electron chi connectivity index (χ0n) is 13.7. The Morgan fingerprint density at radius 2 is 1.81 bits per heavy atom. The van der Waals surface area contributed by atoms with E-state index in [2.05, 4.69) is 10.9 Å². The summed E-state index contributed by atoms with van der Waals surface area (Å²) in [7, 11) is 0. The molecule has 2 aromatic carbocycles. The monoisotopic (exact) mass is 392 g/mol. The van der Waals surface area contributed by atoms with Gasteiger partial charge in [0, 0.05) is 10.8 Å². The second-order valence-corrected chi connectivity index (χ2v) is 6.94. The lowest BCUT2D eigenvalue weighted by Gasteiger charge is -2.25. The zero-order valence-corrected chi connectivity index (χ0v) is 15.3. The maximum absolute atomic E-state index is 12.1. The number of carbonyl (C=O) groups excluding carboxylic acids is 2. The van der Waals surface area contributed by atoms with Crippen LogP contribution in [0.2, 0.25) is 5.02 Å². The number of hydrogen-bond acceptors (Lipinski definition) is 5. The van der Waals surface area contributed by atoms with Crippen LogP contribution in [0.15, 0.2) is 48.5 Å². The highest BCUT2D eigenvalue weighted by Crippen LogP contribution is 2.30. The van der Waals surface area contributed by atoms with E-state index in [1.807, 2.05) is 30.3 Å². The summed E-state index contributed by atoms with van der Waals surface area (Å²) in [5, 5.41) is 0.677. The van der Waals surface area contributed by atoms with Gasteiger partial charge in [-0.25, -0.2) is 0 Å². The minimum absolute atomic E-state index is 0.0873. The molecule has 2 aromatic rings. The first kappa shape index (κ1) is 18.4. The van der Waals surface area contributed by atoms with E-state index in [1.54, 1.807) is 18.2 Å². The van der Waals surface area contributed by atoms with Gasteiger partial charge in [-0.15, -0.1) is 11.8 Å². The number of hydrazine groups is 1. The van der Waals surface area contributed by atoms with Crippen LogP contribution in [0.5, 0.6) is 11.5 Å². The molecule has 0 radical (unpaired) electrons. The van der Waals surface area contributed by atoms with Crippen LogP contribution in [-0.4, -0.2) is 30.3 Å². The van der Waals surface area contributed by atoms with E-state index >= 15 is 0 Å². The van der Waals surface area contributed by atoms with Crippen LogP contribution in [0.25, 0.3) is 0 Å². The maximum Gasteiger partial charge on any atom is 0.283 e. The Bertz CT molecular complexity index is 785. The number of halogens is 1. The van der Waals surface area contributed by atoms with E-state index in [9.17, 15) is 9.59 Å². The Labute approximate surface area is 160 Å². The van der Waals surface area contributed by atoms with Crippen molar-refractivity contribution in [2.24, 2.45) is 0 Å². The highest BCUT2D eigenvalue weighted by molar-refractivity contribution is 7.99. The van der Waals surface area contributed by atoms with Gasteiger partial charge in [0.1, 0.15) is 6.61 Å². The van der Waals surface area contributed by atoms with Gasteiger partial charge in [-0.1, -0.05) is 35.9 Å². The summed E-state index contributed by atoms with van der Waals surface area (Å²) >= 11 is 7.26. The molecular weight excluding hydrogens is 376 g/mol. The Hall–Kier alpha value is -2.38. The number of thioether (sulfide) groups is 1. The largest absolute Gasteiger partial charge is 0.485 e. The van der Waals surface area contributed by atoms with Crippen LogP contribution < -0.4 is 20.3 Å². The molecular formula is C18H17ClN2O4S. The molecule has 1 heterocycles. The first-order valence-electron chi connectivity index (χ1n) is 7.91. The minimum Gasteiger partial charge on any atom is -0.485 e. The van der Waals surface area contributed by atoms with Gasteiger partial charge >= 0.3 is 0 Å². The molecule has 0 spiro atoms. The van der Waals surface area contributed by atoms with Crippen LogP contribution >= 0.6 is 23.4 Å². The van der Waals surface area contributed by atoms with Crippen molar-refractivity contribution in [1.29, 1.82) is 0 Å². The van der Waals surface area contributed by atoms with Crippen LogP contribution in [0.3, 0.4) is 0 Å². The fourth-order valence-electron chi connectivity index (χ4n) is 2.24. The van der Waals surface area contributed by atoms with Crippen molar-refractivity contribution in [3.63, 3.8) is 0 Å². The molecule has 0 aliphatic carbocycles. The molecule has 0 saturated carbocycles. The lowest BCUT2D eigenvalue weighted by atomic mass is 10.2. The summed E-state index contributed by atoms with van der Waals surface area (Å²) in [6, 6.07) is 14.5. The van der Waals surface area contributed by atoms with Crippen LogP contribution in [0.1, 0.15) is 5.56 Å². The predicted molar refractivity (Wildman–Crippen MR) is 100 cm³/mol. The van der Waals surface area contributed by atoms with Gasteiger partial charge in [0.2, 0.25) is 12.0 Å². The summed E-state index contributed by atoms with van der Waals surface area (Å²) in [6.07, 6.45) is -0.813. The lowest BCUT2D eigenvalue weighted by molar-refractivity contribution is -0.134. The van der Waals surface area contributed by atoms with Gasteiger partial charge in [-0.3, -0.25) is 20.4 Å². The quantitative estimate of drug-likeness (QED) is 0.765. The van der Waals surface area contributed by atoms with E-state index in [1.165, 1.54) is 11.8 Å². The molecule has 0 unspecified atom stereocenters. The third-order valence-electron chi connectivity index (χ3n) is 3.54. The summed E-state index contributed by atoms with van der Waals surface area (Å²) in [5.74, 6) is 1.23. The van der Waals surface area contributed by atoms with Crippen LogP contribution in [0, 0.1) is 0 Å². The number of amides is 2. The average Bonchev–Trinajstić information content (AvgIpc) is 2.67. The third-order valence-corrected chi connectivity index (χ3v) is 4.80. The molecule has 1 atom stereocenters. The molecule has 2 amide bonds. The molecule has 0 bridgehead atoms. The molecule has 8 heteroatoms. The van der Waals surface area contributed by atoms with E-state index in [0.29, 0.717) is 22.3 Å². The van der Waals surface area contributed by atoms with Crippen molar-refractivity contribution in [2.45, 2.75) is 11.9 Å². The molecule has 136 valence electrons. The topological polar surface area (TPSA) is 76.7 Å². The lowest BCUT2D eigenvalue weighted by Crippen LogP contribution is -2.51. The number of carbonyl (C=O) groups is 2. The Morgan fingerprint density at radius 1 is 1.08 bits per heavy atom. The second kappa shape index (κ2) is 8.82. The number of rotatable bonds is 5. The molecule has 0 fully saturated rings. The van der Waals surface area contributed by atoms with Crippen molar-refractivity contribution in [2.75, 3.05) is 12.4 Å². The number of benzene rings is 2. The van der Waals surface area contributed by atoms with Crippen molar-refractivity contribution in [3.8, 4) is 11.5 Å². The summed E-state index contributed by atoms with van der Waals surface area (Å²) < 4.78 is 11.0. The number of hydrogen-bond donors (Lipinski definition) is 2. The Balaban J connectivity index is 1.37. The van der Waals surface area contributed by atoms with Gasteiger partial charge in [0.15, 0.2) is 11.5 Å². The minimum atomic E-state index is -0.813. The van der Waals surface area contributed by atoms with Crippen molar-refractivity contribution >= 4 is 35.2 Å². The first-order valence-corrected chi connectivity index (χ1v) is 9.44. The smallest absolute Gasteiger partial charge is 0.283 e. The highest BCUT2D eigenvalue weighted by atomic mass is 35.5. The van der Waals surface area contributed by atoms with E-state index in [0.717, 1.165) is 5.56 Å². The molecule has 2 N–H and O–H groups in total. The average molecular weight is 393 g/mol. The van der Waals surface area contributed by atoms with Crippen molar-refractivity contribution in [1.82, 2.24) is 10.9 Å². The van der Waals surface area contributed by atoms with Crippen LogP contribution in [0.4, 0.5) is 0 Å². The van der Waals surface area contributed by atoms with Gasteiger partial charge in [-0.2, -0.15) is 0 Å².